The molecule has 2 nitrogen and oxygen atoms in total. The van der Waals surface area contributed by atoms with E-state index in [4.69, 9.17) is 0 Å². The molecule has 0 aromatic heterocycles. The van der Waals surface area contributed by atoms with E-state index in [1.165, 1.54) is 5.56 Å². The van der Waals surface area contributed by atoms with Crippen molar-refractivity contribution in [1.29, 1.82) is 0 Å². The predicted molar refractivity (Wildman–Crippen MR) is 73.9 cm³/mol. The second kappa shape index (κ2) is 4.81. The highest BCUT2D eigenvalue weighted by Crippen LogP contribution is 2.56. The minimum absolute atomic E-state index is 0.0869. The standard InChI is InChI=1S/C17H11F4NO/c18-10-6-11(19)15(21)13(14(10)20)17(23)22-16-9-5-7-3-1-2-4-8(7)12(9)16/h1-4,6,9,12,16H,5H2,(H,22,23). The van der Waals surface area contributed by atoms with Crippen LogP contribution >= 0.6 is 0 Å². The first-order chi connectivity index (χ1) is 11.0. The van der Waals surface area contributed by atoms with Crippen molar-refractivity contribution in [1.82, 2.24) is 5.32 Å². The summed E-state index contributed by atoms with van der Waals surface area (Å²) in [7, 11) is 0. The summed E-state index contributed by atoms with van der Waals surface area (Å²) in [5.41, 5.74) is 1.09. The van der Waals surface area contributed by atoms with Crippen LogP contribution in [0.5, 0.6) is 0 Å². The molecule has 6 heteroatoms. The smallest absolute Gasteiger partial charge is 0.257 e. The quantitative estimate of drug-likeness (QED) is 0.667. The van der Waals surface area contributed by atoms with Gasteiger partial charge >= 0.3 is 0 Å². The second-order valence-corrected chi connectivity index (χ2v) is 5.93. The van der Waals surface area contributed by atoms with Crippen LogP contribution in [0.25, 0.3) is 0 Å². The number of rotatable bonds is 2. The van der Waals surface area contributed by atoms with Crippen molar-refractivity contribution >= 4 is 5.91 Å². The lowest BCUT2D eigenvalue weighted by Crippen LogP contribution is -2.31. The Morgan fingerprint density at radius 2 is 1.70 bits per heavy atom. The topological polar surface area (TPSA) is 29.1 Å². The number of benzene rings is 2. The first-order valence-corrected chi connectivity index (χ1v) is 7.20. The van der Waals surface area contributed by atoms with Gasteiger partial charge in [0.05, 0.1) is 0 Å². The first kappa shape index (κ1) is 14.2. The van der Waals surface area contributed by atoms with Gasteiger partial charge in [0.15, 0.2) is 23.3 Å². The van der Waals surface area contributed by atoms with Crippen molar-refractivity contribution in [3.05, 3.63) is 70.3 Å². The lowest BCUT2D eigenvalue weighted by atomic mass is 10.0. The zero-order chi connectivity index (χ0) is 16.3. The molecular formula is C17H11F4NO. The molecule has 2 aliphatic rings. The maximum absolute atomic E-state index is 13.7. The molecule has 1 fully saturated rings. The molecule has 1 amide bonds. The first-order valence-electron chi connectivity index (χ1n) is 7.20. The summed E-state index contributed by atoms with van der Waals surface area (Å²) < 4.78 is 53.7. The molecule has 0 bridgehead atoms. The van der Waals surface area contributed by atoms with Gasteiger partial charge in [-0.05, 0) is 23.5 Å². The summed E-state index contributed by atoms with van der Waals surface area (Å²) in [6.07, 6.45) is 0.772. The number of halogens is 4. The number of amides is 1. The van der Waals surface area contributed by atoms with Crippen LogP contribution < -0.4 is 5.32 Å². The molecule has 0 spiro atoms. The molecule has 2 aliphatic carbocycles. The van der Waals surface area contributed by atoms with Gasteiger partial charge in [-0.2, -0.15) is 0 Å². The number of fused-ring (bicyclic) bond motifs is 3. The molecule has 3 atom stereocenters. The van der Waals surface area contributed by atoms with E-state index in [-0.39, 0.29) is 23.9 Å². The van der Waals surface area contributed by atoms with Gasteiger partial charge in [-0.25, -0.2) is 17.6 Å². The summed E-state index contributed by atoms with van der Waals surface area (Å²) in [5, 5.41) is 2.50. The van der Waals surface area contributed by atoms with Crippen molar-refractivity contribution in [2.24, 2.45) is 5.92 Å². The van der Waals surface area contributed by atoms with Crippen LogP contribution in [-0.2, 0) is 6.42 Å². The lowest BCUT2D eigenvalue weighted by Gasteiger charge is -2.11. The van der Waals surface area contributed by atoms with E-state index in [0.29, 0.717) is 0 Å². The molecule has 1 saturated carbocycles. The van der Waals surface area contributed by atoms with Crippen molar-refractivity contribution < 1.29 is 22.4 Å². The Balaban J connectivity index is 1.58. The van der Waals surface area contributed by atoms with Gasteiger partial charge in [0.25, 0.3) is 5.91 Å². The van der Waals surface area contributed by atoms with E-state index in [0.717, 1.165) is 12.0 Å². The third kappa shape index (κ3) is 2.04. The van der Waals surface area contributed by atoms with E-state index >= 15 is 0 Å². The maximum Gasteiger partial charge on any atom is 0.257 e. The van der Waals surface area contributed by atoms with Gasteiger partial charge in [0.1, 0.15) is 5.56 Å². The number of carbonyl (C=O) groups is 1. The Morgan fingerprint density at radius 3 is 2.39 bits per heavy atom. The average molecular weight is 321 g/mol. The Hall–Kier alpha value is -2.37. The largest absolute Gasteiger partial charge is 0.348 e. The van der Waals surface area contributed by atoms with Crippen molar-refractivity contribution in [3.8, 4) is 0 Å². The van der Waals surface area contributed by atoms with Crippen LogP contribution in [0.4, 0.5) is 17.6 Å². The molecule has 0 heterocycles. The number of hydrogen-bond donors (Lipinski definition) is 1. The normalized spacial score (nSPS) is 24.1. The second-order valence-electron chi connectivity index (χ2n) is 5.93. The van der Waals surface area contributed by atoms with E-state index in [9.17, 15) is 22.4 Å². The SMILES string of the molecule is O=C(NC1C2Cc3ccccc3C21)c1c(F)c(F)cc(F)c1F. The van der Waals surface area contributed by atoms with Crippen LogP contribution in [0, 0.1) is 29.2 Å². The fourth-order valence-corrected chi connectivity index (χ4v) is 3.54. The molecule has 0 saturated heterocycles. The van der Waals surface area contributed by atoms with Gasteiger partial charge in [0.2, 0.25) is 0 Å². The molecular weight excluding hydrogens is 310 g/mol. The van der Waals surface area contributed by atoms with Crippen molar-refractivity contribution in [2.75, 3.05) is 0 Å². The molecule has 3 unspecified atom stereocenters. The van der Waals surface area contributed by atoms with Crippen molar-refractivity contribution in [3.63, 3.8) is 0 Å². The minimum atomic E-state index is -1.67. The fourth-order valence-electron chi connectivity index (χ4n) is 3.54. The highest BCUT2D eigenvalue weighted by Gasteiger charge is 2.56. The van der Waals surface area contributed by atoms with E-state index in [2.05, 4.69) is 5.32 Å². The molecule has 0 radical (unpaired) electrons. The van der Waals surface area contributed by atoms with Crippen molar-refractivity contribution in [2.45, 2.75) is 18.4 Å². The summed E-state index contributed by atoms with van der Waals surface area (Å²) in [6, 6.07) is 7.60. The Kier molecular flexibility index (Phi) is 2.98. The van der Waals surface area contributed by atoms with Crippen LogP contribution in [0.1, 0.15) is 27.4 Å². The third-order valence-corrected chi connectivity index (χ3v) is 4.67. The van der Waals surface area contributed by atoms with Crippen LogP contribution in [0.2, 0.25) is 0 Å². The Labute approximate surface area is 129 Å². The van der Waals surface area contributed by atoms with E-state index < -0.39 is 34.7 Å². The molecule has 23 heavy (non-hydrogen) atoms. The highest BCUT2D eigenvalue weighted by molar-refractivity contribution is 5.95. The Morgan fingerprint density at radius 1 is 1.04 bits per heavy atom. The average Bonchev–Trinajstić information content (AvgIpc) is 3.03. The maximum atomic E-state index is 13.7. The highest BCUT2D eigenvalue weighted by atomic mass is 19.2. The molecule has 2 aromatic rings. The number of hydrogen-bond acceptors (Lipinski definition) is 1. The number of nitrogens with one attached hydrogen (secondary N) is 1. The minimum Gasteiger partial charge on any atom is -0.348 e. The Bertz CT molecular complexity index is 809. The molecule has 118 valence electrons. The summed E-state index contributed by atoms with van der Waals surface area (Å²) in [6.45, 7) is 0. The van der Waals surface area contributed by atoms with Gasteiger partial charge in [-0.3, -0.25) is 4.79 Å². The van der Waals surface area contributed by atoms with Crippen LogP contribution in [0.3, 0.4) is 0 Å². The number of carbonyl (C=O) groups excluding carboxylic acids is 1. The molecule has 1 N–H and O–H groups in total. The summed E-state index contributed by atoms with van der Waals surface area (Å²) in [4.78, 5) is 12.1. The molecule has 2 aromatic carbocycles. The van der Waals surface area contributed by atoms with Gasteiger partial charge in [-0.1, -0.05) is 24.3 Å². The third-order valence-electron chi connectivity index (χ3n) is 4.67. The zero-order valence-corrected chi connectivity index (χ0v) is 11.7. The van der Waals surface area contributed by atoms with Crippen LogP contribution in [0.15, 0.2) is 30.3 Å². The zero-order valence-electron chi connectivity index (χ0n) is 11.7. The fraction of sp³-hybridized carbons (Fsp3) is 0.235. The van der Waals surface area contributed by atoms with Crippen LogP contribution in [-0.4, -0.2) is 11.9 Å². The molecule has 0 aliphatic heterocycles. The van der Waals surface area contributed by atoms with E-state index in [1.807, 2.05) is 24.3 Å². The lowest BCUT2D eigenvalue weighted by molar-refractivity contribution is 0.0937. The van der Waals surface area contributed by atoms with Gasteiger partial charge in [0, 0.05) is 18.0 Å². The summed E-state index contributed by atoms with van der Waals surface area (Å²) in [5.74, 6) is -7.39. The molecule has 4 rings (SSSR count). The summed E-state index contributed by atoms with van der Waals surface area (Å²) >= 11 is 0. The predicted octanol–water partition coefficient (Wildman–Crippen LogP) is 3.31. The van der Waals surface area contributed by atoms with E-state index in [1.54, 1.807) is 0 Å². The van der Waals surface area contributed by atoms with Gasteiger partial charge < -0.3 is 5.32 Å². The van der Waals surface area contributed by atoms with Gasteiger partial charge in [-0.15, -0.1) is 0 Å². The monoisotopic (exact) mass is 321 g/mol.